The molecular formula is C27H46N2O3. The Morgan fingerprint density at radius 3 is 1.62 bits per heavy atom. The fourth-order valence-electron chi connectivity index (χ4n) is 4.12. The molecule has 0 saturated heterocycles. The zero-order chi connectivity index (χ0) is 23.4. The summed E-state index contributed by atoms with van der Waals surface area (Å²) in [4.78, 5) is 25.7. The standard InChI is InChI=1S/C27H46N2O3/c1-3-5-7-9-11-13-15-17-22-28(23-18-16-14-12-10-8-6-4-2)27(30)25-20-19-21-26(24-25)29(31)32/h19-21,24H,3-18,22-23H2,1-2H3. The van der Waals surface area contributed by atoms with Gasteiger partial charge in [0.1, 0.15) is 0 Å². The number of nitro groups is 1. The molecule has 1 amide bonds. The van der Waals surface area contributed by atoms with Crippen molar-refractivity contribution < 1.29 is 9.72 Å². The molecule has 1 aromatic carbocycles. The molecule has 0 spiro atoms. The number of nitro benzene ring substituents is 1. The minimum absolute atomic E-state index is 0.0186. The fourth-order valence-corrected chi connectivity index (χ4v) is 4.12. The predicted octanol–water partition coefficient (Wildman–Crippen LogP) is 8.32. The van der Waals surface area contributed by atoms with Crippen molar-refractivity contribution in [2.24, 2.45) is 0 Å². The first-order valence-corrected chi connectivity index (χ1v) is 13.1. The van der Waals surface area contributed by atoms with Gasteiger partial charge in [-0.25, -0.2) is 0 Å². The third-order valence-corrected chi connectivity index (χ3v) is 6.15. The van der Waals surface area contributed by atoms with Gasteiger partial charge in [0.25, 0.3) is 11.6 Å². The monoisotopic (exact) mass is 446 g/mol. The van der Waals surface area contributed by atoms with E-state index in [1.54, 1.807) is 12.1 Å². The minimum Gasteiger partial charge on any atom is -0.339 e. The Labute approximate surface area is 196 Å². The van der Waals surface area contributed by atoms with Crippen molar-refractivity contribution in [2.45, 2.75) is 117 Å². The van der Waals surface area contributed by atoms with Crippen LogP contribution in [-0.4, -0.2) is 28.8 Å². The van der Waals surface area contributed by atoms with Gasteiger partial charge in [0, 0.05) is 30.8 Å². The van der Waals surface area contributed by atoms with Crippen molar-refractivity contribution in [3.8, 4) is 0 Å². The van der Waals surface area contributed by atoms with Gasteiger partial charge in [0.05, 0.1) is 4.92 Å². The average Bonchev–Trinajstić information content (AvgIpc) is 2.80. The quantitative estimate of drug-likeness (QED) is 0.115. The molecule has 0 atom stereocenters. The van der Waals surface area contributed by atoms with Crippen LogP contribution in [0.3, 0.4) is 0 Å². The second-order valence-corrected chi connectivity index (χ2v) is 9.05. The maximum atomic E-state index is 13.1. The normalized spacial score (nSPS) is 10.9. The summed E-state index contributed by atoms with van der Waals surface area (Å²) < 4.78 is 0. The number of unbranched alkanes of at least 4 members (excludes halogenated alkanes) is 14. The van der Waals surface area contributed by atoms with E-state index < -0.39 is 4.92 Å². The molecule has 1 rings (SSSR count). The van der Waals surface area contributed by atoms with E-state index in [4.69, 9.17) is 0 Å². The lowest BCUT2D eigenvalue weighted by Gasteiger charge is -2.23. The van der Waals surface area contributed by atoms with Gasteiger partial charge in [0.15, 0.2) is 0 Å². The first-order chi connectivity index (χ1) is 15.6. The lowest BCUT2D eigenvalue weighted by Crippen LogP contribution is -2.33. The van der Waals surface area contributed by atoms with Crippen molar-refractivity contribution in [1.29, 1.82) is 0 Å². The Kier molecular flexibility index (Phi) is 16.4. The van der Waals surface area contributed by atoms with Crippen LogP contribution in [0.5, 0.6) is 0 Å². The van der Waals surface area contributed by atoms with E-state index in [-0.39, 0.29) is 11.6 Å². The van der Waals surface area contributed by atoms with Crippen LogP contribution in [0.2, 0.25) is 0 Å². The van der Waals surface area contributed by atoms with Gasteiger partial charge in [-0.05, 0) is 18.9 Å². The summed E-state index contributed by atoms with van der Waals surface area (Å²) in [5, 5.41) is 11.1. The number of carbonyl (C=O) groups excluding carboxylic acids is 1. The molecule has 5 heteroatoms. The first kappa shape index (κ1) is 28.1. The van der Waals surface area contributed by atoms with Crippen molar-refractivity contribution in [3.05, 3.63) is 39.9 Å². The molecule has 32 heavy (non-hydrogen) atoms. The van der Waals surface area contributed by atoms with Gasteiger partial charge in [-0.15, -0.1) is 0 Å². The second kappa shape index (κ2) is 18.6. The average molecular weight is 447 g/mol. The number of benzene rings is 1. The summed E-state index contributed by atoms with van der Waals surface area (Å²) in [6.45, 7) is 5.96. The molecule has 0 unspecified atom stereocenters. The number of amides is 1. The first-order valence-electron chi connectivity index (χ1n) is 13.1. The van der Waals surface area contributed by atoms with E-state index in [2.05, 4.69) is 13.8 Å². The third kappa shape index (κ3) is 12.8. The largest absolute Gasteiger partial charge is 0.339 e. The fraction of sp³-hybridized carbons (Fsp3) is 0.741. The highest BCUT2D eigenvalue weighted by molar-refractivity contribution is 5.94. The van der Waals surface area contributed by atoms with Crippen LogP contribution in [0.15, 0.2) is 24.3 Å². The maximum Gasteiger partial charge on any atom is 0.270 e. The van der Waals surface area contributed by atoms with E-state index in [0.29, 0.717) is 5.56 Å². The molecule has 0 radical (unpaired) electrons. The van der Waals surface area contributed by atoms with E-state index in [1.807, 2.05) is 4.90 Å². The molecular weight excluding hydrogens is 400 g/mol. The number of rotatable bonds is 20. The zero-order valence-electron chi connectivity index (χ0n) is 20.7. The van der Waals surface area contributed by atoms with E-state index in [1.165, 1.54) is 89.2 Å². The molecule has 0 N–H and O–H groups in total. The molecule has 0 aliphatic carbocycles. The smallest absolute Gasteiger partial charge is 0.270 e. The molecule has 0 fully saturated rings. The molecule has 0 bridgehead atoms. The lowest BCUT2D eigenvalue weighted by atomic mass is 10.1. The van der Waals surface area contributed by atoms with Gasteiger partial charge in [0.2, 0.25) is 0 Å². The zero-order valence-corrected chi connectivity index (χ0v) is 20.7. The van der Waals surface area contributed by atoms with E-state index in [0.717, 1.165) is 38.8 Å². The number of carbonyl (C=O) groups is 1. The van der Waals surface area contributed by atoms with Crippen LogP contribution < -0.4 is 0 Å². The van der Waals surface area contributed by atoms with E-state index >= 15 is 0 Å². The molecule has 1 aromatic rings. The van der Waals surface area contributed by atoms with Crippen molar-refractivity contribution >= 4 is 11.6 Å². The molecule has 0 saturated carbocycles. The van der Waals surface area contributed by atoms with Gasteiger partial charge >= 0.3 is 0 Å². The maximum absolute atomic E-state index is 13.1. The summed E-state index contributed by atoms with van der Waals surface area (Å²) in [6.07, 6.45) is 19.7. The van der Waals surface area contributed by atoms with Crippen LogP contribution in [0, 0.1) is 10.1 Å². The molecule has 0 aliphatic heterocycles. The Morgan fingerprint density at radius 2 is 1.19 bits per heavy atom. The summed E-state index contributed by atoms with van der Waals surface area (Å²) in [7, 11) is 0. The van der Waals surface area contributed by atoms with Crippen LogP contribution in [-0.2, 0) is 0 Å². The van der Waals surface area contributed by atoms with Crippen molar-refractivity contribution in [1.82, 2.24) is 4.90 Å². The van der Waals surface area contributed by atoms with Gasteiger partial charge in [-0.2, -0.15) is 0 Å². The van der Waals surface area contributed by atoms with Crippen molar-refractivity contribution in [3.63, 3.8) is 0 Å². The highest BCUT2D eigenvalue weighted by atomic mass is 16.6. The Bertz CT molecular complexity index is 613. The highest BCUT2D eigenvalue weighted by Crippen LogP contribution is 2.17. The van der Waals surface area contributed by atoms with Gasteiger partial charge < -0.3 is 4.90 Å². The summed E-state index contributed by atoms with van der Waals surface area (Å²) in [6, 6.07) is 6.16. The minimum atomic E-state index is -0.432. The molecule has 0 aliphatic rings. The molecule has 5 nitrogen and oxygen atoms in total. The van der Waals surface area contributed by atoms with Gasteiger partial charge in [-0.3, -0.25) is 14.9 Å². The summed E-state index contributed by atoms with van der Waals surface area (Å²) >= 11 is 0. The SMILES string of the molecule is CCCCCCCCCCN(CCCCCCCCCC)C(=O)c1cccc([N+](=O)[O-])c1. The van der Waals surface area contributed by atoms with Crippen LogP contribution in [0.1, 0.15) is 127 Å². The van der Waals surface area contributed by atoms with Gasteiger partial charge in [-0.1, -0.05) is 110 Å². The Hall–Kier alpha value is -1.91. The molecule has 182 valence electrons. The van der Waals surface area contributed by atoms with E-state index in [9.17, 15) is 14.9 Å². The summed E-state index contributed by atoms with van der Waals surface area (Å²) in [5.74, 6) is -0.0698. The number of non-ortho nitro benzene ring substituents is 1. The third-order valence-electron chi connectivity index (χ3n) is 6.15. The summed E-state index contributed by atoms with van der Waals surface area (Å²) in [5.41, 5.74) is 0.410. The second-order valence-electron chi connectivity index (χ2n) is 9.05. The highest BCUT2D eigenvalue weighted by Gasteiger charge is 2.17. The lowest BCUT2D eigenvalue weighted by molar-refractivity contribution is -0.384. The topological polar surface area (TPSA) is 63.5 Å². The number of nitrogens with zero attached hydrogens (tertiary/aromatic N) is 2. The number of hydrogen-bond acceptors (Lipinski definition) is 3. The number of hydrogen-bond donors (Lipinski definition) is 0. The molecule has 0 heterocycles. The Morgan fingerprint density at radius 1 is 0.750 bits per heavy atom. The van der Waals surface area contributed by atoms with Crippen molar-refractivity contribution in [2.75, 3.05) is 13.1 Å². The van der Waals surface area contributed by atoms with Crippen LogP contribution >= 0.6 is 0 Å². The molecule has 0 aromatic heterocycles. The Balaban J connectivity index is 2.49. The predicted molar refractivity (Wildman–Crippen MR) is 134 cm³/mol. The van der Waals surface area contributed by atoms with Crippen LogP contribution in [0.4, 0.5) is 5.69 Å². The van der Waals surface area contributed by atoms with Crippen LogP contribution in [0.25, 0.3) is 0 Å².